The Hall–Kier alpha value is -2.30. The summed E-state index contributed by atoms with van der Waals surface area (Å²) in [7, 11) is 0. The molecule has 0 fully saturated rings. The van der Waals surface area contributed by atoms with E-state index >= 15 is 0 Å². The molecule has 0 saturated carbocycles. The number of para-hydroxylation sites is 1. The van der Waals surface area contributed by atoms with Gasteiger partial charge in [0.1, 0.15) is 0 Å². The molecule has 0 aliphatic rings. The van der Waals surface area contributed by atoms with Gasteiger partial charge in [0.15, 0.2) is 5.75 Å². The number of aromatic amines is 1. The zero-order valence-electron chi connectivity index (χ0n) is 10.9. The van der Waals surface area contributed by atoms with Gasteiger partial charge in [-0.15, -0.1) is 0 Å². The summed E-state index contributed by atoms with van der Waals surface area (Å²) in [5, 5.41) is 3.76. The highest BCUT2D eigenvalue weighted by molar-refractivity contribution is 5.90. The Morgan fingerprint density at radius 3 is 2.79 bits per heavy atom. The summed E-state index contributed by atoms with van der Waals surface area (Å²) in [5.41, 5.74) is 1.88. The lowest BCUT2D eigenvalue weighted by atomic mass is 10.1. The number of nitrogens with one attached hydrogen (secondary N) is 2. The molecule has 0 bridgehead atoms. The van der Waals surface area contributed by atoms with E-state index in [-0.39, 0.29) is 11.9 Å². The van der Waals surface area contributed by atoms with Crippen LogP contribution in [-0.4, -0.2) is 23.4 Å². The topological polar surface area (TPSA) is 71.2 Å². The molecule has 5 nitrogen and oxygen atoms in total. The first kappa shape index (κ1) is 13.1. The van der Waals surface area contributed by atoms with Crippen molar-refractivity contribution in [1.82, 2.24) is 10.3 Å². The standard InChI is InChI=1S/C14H16N2O3/c1-9(17)15-7-6-11-8-16-14-12(11)4-3-5-13(14)19-10(2)18/h3-5,8,16H,6-7H2,1-2H3,(H,15,17). The van der Waals surface area contributed by atoms with E-state index in [1.165, 1.54) is 13.8 Å². The highest BCUT2D eigenvalue weighted by atomic mass is 16.5. The fourth-order valence-corrected chi connectivity index (χ4v) is 2.00. The highest BCUT2D eigenvalue weighted by Crippen LogP contribution is 2.27. The zero-order valence-corrected chi connectivity index (χ0v) is 10.9. The molecule has 0 aliphatic heterocycles. The zero-order chi connectivity index (χ0) is 13.8. The van der Waals surface area contributed by atoms with Gasteiger partial charge >= 0.3 is 5.97 Å². The van der Waals surface area contributed by atoms with E-state index in [1.54, 1.807) is 6.07 Å². The van der Waals surface area contributed by atoms with Crippen LogP contribution in [0.3, 0.4) is 0 Å². The van der Waals surface area contributed by atoms with Crippen LogP contribution in [0.2, 0.25) is 0 Å². The highest BCUT2D eigenvalue weighted by Gasteiger charge is 2.09. The third-order valence-corrected chi connectivity index (χ3v) is 2.78. The van der Waals surface area contributed by atoms with Crippen LogP contribution >= 0.6 is 0 Å². The van der Waals surface area contributed by atoms with Crippen LogP contribution in [0.4, 0.5) is 0 Å². The second-order valence-electron chi connectivity index (χ2n) is 4.32. The lowest BCUT2D eigenvalue weighted by Crippen LogP contribution is -2.22. The molecule has 0 spiro atoms. The maximum Gasteiger partial charge on any atom is 0.308 e. The molecule has 19 heavy (non-hydrogen) atoms. The molecule has 2 N–H and O–H groups in total. The monoisotopic (exact) mass is 260 g/mol. The summed E-state index contributed by atoms with van der Waals surface area (Å²) >= 11 is 0. The molecular weight excluding hydrogens is 244 g/mol. The largest absolute Gasteiger partial charge is 0.424 e. The van der Waals surface area contributed by atoms with Crippen LogP contribution < -0.4 is 10.1 Å². The van der Waals surface area contributed by atoms with Crippen LogP contribution in [0.15, 0.2) is 24.4 Å². The predicted molar refractivity (Wildman–Crippen MR) is 72.0 cm³/mol. The van der Waals surface area contributed by atoms with Crippen molar-refractivity contribution in [1.29, 1.82) is 0 Å². The Labute approximate surface area is 110 Å². The number of carbonyl (C=O) groups excluding carboxylic acids is 2. The van der Waals surface area contributed by atoms with Crippen LogP contribution in [0, 0.1) is 0 Å². The number of ether oxygens (including phenoxy) is 1. The summed E-state index contributed by atoms with van der Waals surface area (Å²) in [5.74, 6) is 0.137. The molecule has 100 valence electrons. The van der Waals surface area contributed by atoms with Crippen LogP contribution in [-0.2, 0) is 16.0 Å². The van der Waals surface area contributed by atoms with Crippen molar-refractivity contribution < 1.29 is 14.3 Å². The summed E-state index contributed by atoms with van der Waals surface area (Å²) in [4.78, 5) is 25.0. The molecule has 5 heteroatoms. The Kier molecular flexibility index (Phi) is 3.85. The Morgan fingerprint density at radius 1 is 1.32 bits per heavy atom. The van der Waals surface area contributed by atoms with E-state index in [0.29, 0.717) is 12.3 Å². The summed E-state index contributed by atoms with van der Waals surface area (Å²) in [6, 6.07) is 5.55. The van der Waals surface area contributed by atoms with Crippen molar-refractivity contribution >= 4 is 22.8 Å². The Balaban J connectivity index is 2.23. The van der Waals surface area contributed by atoms with E-state index in [4.69, 9.17) is 4.74 Å². The number of esters is 1. The summed E-state index contributed by atoms with van der Waals surface area (Å²) < 4.78 is 5.14. The third kappa shape index (κ3) is 3.13. The molecule has 0 saturated heterocycles. The maximum absolute atomic E-state index is 11.0. The van der Waals surface area contributed by atoms with E-state index in [0.717, 1.165) is 22.9 Å². The van der Waals surface area contributed by atoms with Gasteiger partial charge in [0.05, 0.1) is 5.52 Å². The number of amides is 1. The number of H-pyrrole nitrogens is 1. The van der Waals surface area contributed by atoms with Crippen molar-refractivity contribution in [2.75, 3.05) is 6.54 Å². The van der Waals surface area contributed by atoms with Crippen molar-refractivity contribution in [2.45, 2.75) is 20.3 Å². The fourth-order valence-electron chi connectivity index (χ4n) is 2.00. The first-order valence-electron chi connectivity index (χ1n) is 6.09. The van der Waals surface area contributed by atoms with E-state index in [9.17, 15) is 9.59 Å². The molecule has 0 unspecified atom stereocenters. The van der Waals surface area contributed by atoms with Crippen LogP contribution in [0.1, 0.15) is 19.4 Å². The van der Waals surface area contributed by atoms with E-state index in [2.05, 4.69) is 10.3 Å². The molecule has 0 aliphatic carbocycles. The van der Waals surface area contributed by atoms with Gasteiger partial charge in [0.2, 0.25) is 5.91 Å². The number of rotatable bonds is 4. The van der Waals surface area contributed by atoms with Gasteiger partial charge in [-0.25, -0.2) is 0 Å². The van der Waals surface area contributed by atoms with E-state index < -0.39 is 0 Å². The minimum absolute atomic E-state index is 0.0413. The lowest BCUT2D eigenvalue weighted by molar-refractivity contribution is -0.131. The minimum atomic E-state index is -0.345. The molecule has 1 aromatic carbocycles. The number of hydrogen-bond acceptors (Lipinski definition) is 3. The average molecular weight is 260 g/mol. The first-order chi connectivity index (χ1) is 9.08. The van der Waals surface area contributed by atoms with Gasteiger partial charge in [-0.1, -0.05) is 12.1 Å². The van der Waals surface area contributed by atoms with Gasteiger partial charge in [-0.3, -0.25) is 9.59 Å². The SMILES string of the molecule is CC(=O)NCCc1c[nH]c2c(OC(C)=O)cccc12. The van der Waals surface area contributed by atoms with Crippen molar-refractivity contribution in [3.8, 4) is 5.75 Å². The molecule has 2 rings (SSSR count). The Bertz CT molecular complexity index is 616. The lowest BCUT2D eigenvalue weighted by Gasteiger charge is -2.04. The number of carbonyl (C=O) groups is 2. The quantitative estimate of drug-likeness (QED) is 0.650. The molecule has 2 aromatic rings. The second-order valence-corrected chi connectivity index (χ2v) is 4.32. The number of benzene rings is 1. The van der Waals surface area contributed by atoms with Crippen LogP contribution in [0.5, 0.6) is 5.75 Å². The normalized spacial score (nSPS) is 10.4. The summed E-state index contributed by atoms with van der Waals surface area (Å²) in [6.45, 7) is 3.45. The van der Waals surface area contributed by atoms with E-state index in [1.807, 2.05) is 18.3 Å². The molecule has 1 amide bonds. The van der Waals surface area contributed by atoms with Gasteiger partial charge in [-0.05, 0) is 18.1 Å². The van der Waals surface area contributed by atoms with Crippen LogP contribution in [0.25, 0.3) is 10.9 Å². The second kappa shape index (κ2) is 5.56. The Morgan fingerprint density at radius 2 is 2.11 bits per heavy atom. The molecule has 1 heterocycles. The smallest absolute Gasteiger partial charge is 0.308 e. The van der Waals surface area contributed by atoms with Crippen molar-refractivity contribution in [2.24, 2.45) is 0 Å². The summed E-state index contributed by atoms with van der Waals surface area (Å²) in [6.07, 6.45) is 2.60. The fraction of sp³-hybridized carbons (Fsp3) is 0.286. The van der Waals surface area contributed by atoms with Crippen molar-refractivity contribution in [3.05, 3.63) is 30.0 Å². The first-order valence-corrected chi connectivity index (χ1v) is 6.09. The predicted octanol–water partition coefficient (Wildman–Crippen LogP) is 1.77. The molecule has 0 radical (unpaired) electrons. The number of hydrogen-bond donors (Lipinski definition) is 2. The third-order valence-electron chi connectivity index (χ3n) is 2.78. The van der Waals surface area contributed by atoms with Gasteiger partial charge in [0, 0.05) is 32.0 Å². The molecule has 1 aromatic heterocycles. The van der Waals surface area contributed by atoms with Crippen molar-refractivity contribution in [3.63, 3.8) is 0 Å². The van der Waals surface area contributed by atoms with Gasteiger partial charge in [0.25, 0.3) is 0 Å². The average Bonchev–Trinajstić information content (AvgIpc) is 2.73. The number of fused-ring (bicyclic) bond motifs is 1. The maximum atomic E-state index is 11.0. The minimum Gasteiger partial charge on any atom is -0.424 e. The number of aromatic nitrogens is 1. The molecular formula is C14H16N2O3. The van der Waals surface area contributed by atoms with Gasteiger partial charge in [-0.2, -0.15) is 0 Å². The van der Waals surface area contributed by atoms with Gasteiger partial charge < -0.3 is 15.0 Å². The molecule has 0 atom stereocenters.